The fourth-order valence-corrected chi connectivity index (χ4v) is 0.908. The van der Waals surface area contributed by atoms with E-state index in [1.165, 1.54) is 0 Å². The summed E-state index contributed by atoms with van der Waals surface area (Å²) in [4.78, 5) is 0. The smallest absolute Gasteiger partial charge is 0.409 e. The number of rotatable bonds is 1. The highest BCUT2D eigenvalue weighted by molar-refractivity contribution is 5.53. The molecular weight excluding hydrogens is 219 g/mol. The van der Waals surface area contributed by atoms with E-state index in [2.05, 4.69) is 0 Å². The van der Waals surface area contributed by atoms with Crippen molar-refractivity contribution in [2.24, 2.45) is 0 Å². The zero-order valence-corrected chi connectivity index (χ0v) is 7.15. The second kappa shape index (κ2) is 3.88. The molecule has 0 spiro atoms. The lowest BCUT2D eigenvalue weighted by atomic mass is 10.1. The first kappa shape index (κ1) is 11.5. The van der Waals surface area contributed by atoms with Crippen molar-refractivity contribution in [1.82, 2.24) is 0 Å². The Morgan fingerprint density at radius 3 is 1.93 bits per heavy atom. The molecule has 0 aliphatic heterocycles. The summed E-state index contributed by atoms with van der Waals surface area (Å²) < 4.78 is 60.8. The van der Waals surface area contributed by atoms with Gasteiger partial charge < -0.3 is 5.11 Å². The van der Waals surface area contributed by atoms with Crippen LogP contribution in [0.15, 0.2) is 18.2 Å². The topological polar surface area (TPSA) is 20.2 Å². The summed E-state index contributed by atoms with van der Waals surface area (Å²) in [5.41, 5.74) is -0.842. The molecule has 0 saturated heterocycles. The van der Waals surface area contributed by atoms with Crippen LogP contribution in [0.25, 0.3) is 6.08 Å². The molecule has 0 atom stereocenters. The van der Waals surface area contributed by atoms with Crippen LogP contribution in [0.3, 0.4) is 0 Å². The van der Waals surface area contributed by atoms with Gasteiger partial charge in [0.15, 0.2) is 0 Å². The van der Waals surface area contributed by atoms with Gasteiger partial charge in [-0.15, -0.1) is 0 Å². The lowest BCUT2D eigenvalue weighted by Crippen LogP contribution is -2.01. The summed E-state index contributed by atoms with van der Waals surface area (Å²) in [7, 11) is 0. The van der Waals surface area contributed by atoms with Gasteiger partial charge in [0, 0.05) is 23.8 Å². The lowest BCUT2D eigenvalue weighted by molar-refractivity contribution is -0.0790. The Kier molecular flexibility index (Phi) is 2.97. The van der Waals surface area contributed by atoms with Crippen molar-refractivity contribution in [2.45, 2.75) is 6.18 Å². The maximum atomic E-state index is 12.9. The van der Waals surface area contributed by atoms with Crippen molar-refractivity contribution >= 4 is 6.08 Å². The highest BCUT2D eigenvalue weighted by Gasteiger charge is 2.22. The minimum atomic E-state index is -4.64. The van der Waals surface area contributed by atoms with Crippen LogP contribution < -0.4 is 0 Å². The van der Waals surface area contributed by atoms with E-state index in [0.29, 0.717) is 12.1 Å². The number of phenols is 1. The zero-order chi connectivity index (χ0) is 11.6. The second-order valence-electron chi connectivity index (χ2n) is 2.70. The van der Waals surface area contributed by atoms with Gasteiger partial charge in [0.1, 0.15) is 17.4 Å². The maximum absolute atomic E-state index is 12.9. The van der Waals surface area contributed by atoms with Gasteiger partial charge in [-0.1, -0.05) is 0 Å². The molecule has 82 valence electrons. The summed E-state index contributed by atoms with van der Waals surface area (Å²) in [6, 6.07) is 1.05. The Hall–Kier alpha value is -1.59. The third kappa shape index (κ3) is 3.23. The van der Waals surface area contributed by atoms with Crippen LogP contribution in [0.1, 0.15) is 5.56 Å². The van der Waals surface area contributed by atoms with Gasteiger partial charge in [-0.3, -0.25) is 0 Å². The highest BCUT2D eigenvalue weighted by Crippen LogP contribution is 2.23. The normalized spacial score (nSPS) is 12.3. The van der Waals surface area contributed by atoms with E-state index in [0.717, 1.165) is 0 Å². The monoisotopic (exact) mass is 224 g/mol. The van der Waals surface area contributed by atoms with E-state index in [4.69, 9.17) is 5.11 Å². The average molecular weight is 224 g/mol. The van der Waals surface area contributed by atoms with Crippen molar-refractivity contribution in [3.63, 3.8) is 0 Å². The number of hydrogen-bond acceptors (Lipinski definition) is 1. The Morgan fingerprint density at radius 2 is 1.53 bits per heavy atom. The Balaban J connectivity index is 3.11. The van der Waals surface area contributed by atoms with E-state index < -0.39 is 29.1 Å². The van der Waals surface area contributed by atoms with Crippen molar-refractivity contribution < 1.29 is 27.1 Å². The molecule has 1 N–H and O–H groups in total. The molecule has 0 radical (unpaired) electrons. The fourth-order valence-electron chi connectivity index (χ4n) is 0.908. The summed E-state index contributed by atoms with van der Waals surface area (Å²) in [5.74, 6) is -3.20. The van der Waals surface area contributed by atoms with Crippen LogP contribution in [-0.2, 0) is 0 Å². The van der Waals surface area contributed by atoms with Crippen LogP contribution in [0.5, 0.6) is 5.75 Å². The summed E-state index contributed by atoms with van der Waals surface area (Å²) in [6.07, 6.45) is -4.66. The van der Waals surface area contributed by atoms with Crippen molar-refractivity contribution in [1.29, 1.82) is 0 Å². The predicted molar refractivity (Wildman–Crippen MR) is 43.1 cm³/mol. The van der Waals surface area contributed by atoms with Gasteiger partial charge >= 0.3 is 6.18 Å². The molecular formula is C9H5F5O. The molecule has 15 heavy (non-hydrogen) atoms. The zero-order valence-electron chi connectivity index (χ0n) is 7.15. The molecule has 1 aromatic carbocycles. The average Bonchev–Trinajstić information content (AvgIpc) is 1.99. The maximum Gasteiger partial charge on any atom is 0.409 e. The molecule has 0 aliphatic carbocycles. The number of allylic oxidation sites excluding steroid dienone is 1. The van der Waals surface area contributed by atoms with Crippen molar-refractivity contribution in [3.05, 3.63) is 35.4 Å². The Bertz CT molecular complexity index is 371. The number of benzene rings is 1. The summed E-state index contributed by atoms with van der Waals surface area (Å²) in [5, 5.41) is 8.72. The first-order valence-electron chi connectivity index (χ1n) is 3.73. The first-order chi connectivity index (χ1) is 6.79. The quantitative estimate of drug-likeness (QED) is 0.726. The molecule has 0 amide bonds. The molecule has 0 heterocycles. The molecule has 6 heteroatoms. The van der Waals surface area contributed by atoms with Gasteiger partial charge in [0.2, 0.25) is 0 Å². The molecule has 1 rings (SSSR count). The third-order valence-electron chi connectivity index (χ3n) is 1.50. The minimum absolute atomic E-state index is 0.268. The van der Waals surface area contributed by atoms with E-state index in [-0.39, 0.29) is 12.2 Å². The Morgan fingerprint density at radius 1 is 1.07 bits per heavy atom. The van der Waals surface area contributed by atoms with E-state index in [9.17, 15) is 22.0 Å². The SMILES string of the molecule is Oc1cc(F)c(C=CC(F)(F)F)c(F)c1. The van der Waals surface area contributed by atoms with Crippen LogP contribution in [0.4, 0.5) is 22.0 Å². The van der Waals surface area contributed by atoms with Crippen LogP contribution >= 0.6 is 0 Å². The van der Waals surface area contributed by atoms with Gasteiger partial charge in [-0.2, -0.15) is 13.2 Å². The Labute approximate surface area is 81.5 Å². The predicted octanol–water partition coefficient (Wildman–Crippen LogP) is 3.25. The highest BCUT2D eigenvalue weighted by atomic mass is 19.4. The van der Waals surface area contributed by atoms with E-state index >= 15 is 0 Å². The standard InChI is InChI=1S/C9H5F5O/c10-7-3-5(15)4-8(11)6(7)1-2-9(12,13)14/h1-4,15H. The second-order valence-corrected chi connectivity index (χ2v) is 2.70. The number of alkyl halides is 3. The van der Waals surface area contributed by atoms with Crippen LogP contribution in [0, 0.1) is 11.6 Å². The molecule has 0 unspecified atom stereocenters. The van der Waals surface area contributed by atoms with E-state index in [1.807, 2.05) is 0 Å². The number of hydrogen-bond donors (Lipinski definition) is 1. The lowest BCUT2D eigenvalue weighted by Gasteiger charge is -2.02. The van der Waals surface area contributed by atoms with Gasteiger partial charge in [0.05, 0.1) is 0 Å². The van der Waals surface area contributed by atoms with Gasteiger partial charge in [-0.05, 0) is 6.08 Å². The fraction of sp³-hybridized carbons (Fsp3) is 0.111. The number of halogens is 5. The number of aromatic hydroxyl groups is 1. The third-order valence-corrected chi connectivity index (χ3v) is 1.50. The summed E-state index contributed by atoms with van der Waals surface area (Å²) in [6.45, 7) is 0. The molecule has 0 aromatic heterocycles. The molecule has 1 aromatic rings. The van der Waals surface area contributed by atoms with Crippen LogP contribution in [0.2, 0.25) is 0 Å². The molecule has 0 fully saturated rings. The van der Waals surface area contributed by atoms with E-state index in [1.54, 1.807) is 0 Å². The molecule has 0 aliphatic rings. The largest absolute Gasteiger partial charge is 0.508 e. The minimum Gasteiger partial charge on any atom is -0.508 e. The van der Waals surface area contributed by atoms with Gasteiger partial charge in [-0.25, -0.2) is 8.78 Å². The van der Waals surface area contributed by atoms with Crippen molar-refractivity contribution in [3.8, 4) is 5.75 Å². The van der Waals surface area contributed by atoms with Gasteiger partial charge in [0.25, 0.3) is 0 Å². The first-order valence-corrected chi connectivity index (χ1v) is 3.73. The molecule has 0 saturated carbocycles. The van der Waals surface area contributed by atoms with Crippen LogP contribution in [-0.4, -0.2) is 11.3 Å². The molecule has 1 nitrogen and oxygen atoms in total. The molecule has 0 bridgehead atoms. The number of phenolic OH excluding ortho intramolecular Hbond substituents is 1. The van der Waals surface area contributed by atoms with Crippen molar-refractivity contribution in [2.75, 3.05) is 0 Å². The summed E-state index contributed by atoms with van der Waals surface area (Å²) >= 11 is 0.